The van der Waals surface area contributed by atoms with E-state index in [1.807, 2.05) is 0 Å². The molecule has 0 saturated heterocycles. The number of carbonyl (C=O) groups is 2. The molecule has 0 N–H and O–H groups in total. The molecule has 0 radical (unpaired) electrons. The molecule has 1 aliphatic carbocycles. The van der Waals surface area contributed by atoms with Crippen molar-refractivity contribution in [2.24, 2.45) is 5.92 Å². The predicted molar refractivity (Wildman–Crippen MR) is 34.3 cm³/mol. The van der Waals surface area contributed by atoms with Gasteiger partial charge in [-0.15, -0.1) is 0 Å². The van der Waals surface area contributed by atoms with E-state index >= 15 is 0 Å². The minimum atomic E-state index is -0.259. The van der Waals surface area contributed by atoms with E-state index in [4.69, 9.17) is 0 Å². The Morgan fingerprint density at radius 1 is 1.90 bits per heavy atom. The molecule has 0 aliphatic heterocycles. The summed E-state index contributed by atoms with van der Waals surface area (Å²) in [6.45, 7) is 0. The lowest BCUT2D eigenvalue weighted by molar-refractivity contribution is -0.144. The Morgan fingerprint density at radius 3 is 2.90 bits per heavy atom. The van der Waals surface area contributed by atoms with E-state index in [9.17, 15) is 9.59 Å². The molecule has 0 bridgehead atoms. The third-order valence-corrected chi connectivity index (χ3v) is 1.53. The van der Waals surface area contributed by atoms with Crippen molar-refractivity contribution >= 4 is 12.3 Å². The number of hydrogen-bond donors (Lipinski definition) is 0. The van der Waals surface area contributed by atoms with Gasteiger partial charge in [-0.3, -0.25) is 9.59 Å². The van der Waals surface area contributed by atoms with Gasteiger partial charge >= 0.3 is 5.97 Å². The molecule has 3 nitrogen and oxygen atoms in total. The van der Waals surface area contributed by atoms with Crippen molar-refractivity contribution in [2.75, 3.05) is 7.11 Å². The van der Waals surface area contributed by atoms with Gasteiger partial charge in [-0.25, -0.2) is 0 Å². The number of allylic oxidation sites excluding steroid dienone is 1. The largest absolute Gasteiger partial charge is 0.469 e. The van der Waals surface area contributed by atoms with Crippen LogP contribution in [-0.2, 0) is 14.3 Å². The summed E-state index contributed by atoms with van der Waals surface area (Å²) in [6, 6.07) is 0. The summed E-state index contributed by atoms with van der Waals surface area (Å²) in [5, 5.41) is 0. The Kier molecular flexibility index (Phi) is 1.85. The molecule has 0 aromatic carbocycles. The smallest absolute Gasteiger partial charge is 0.312 e. The van der Waals surface area contributed by atoms with Gasteiger partial charge in [0.2, 0.25) is 0 Å². The maximum Gasteiger partial charge on any atom is 0.312 e. The molecule has 1 atom stereocenters. The van der Waals surface area contributed by atoms with E-state index in [-0.39, 0.29) is 11.9 Å². The molecule has 1 rings (SSSR count). The monoisotopic (exact) mass is 140 g/mol. The zero-order chi connectivity index (χ0) is 7.56. The Morgan fingerprint density at radius 2 is 2.50 bits per heavy atom. The Labute approximate surface area is 58.7 Å². The minimum absolute atomic E-state index is 0.176. The van der Waals surface area contributed by atoms with Crippen molar-refractivity contribution < 1.29 is 14.3 Å². The quantitative estimate of drug-likeness (QED) is 0.409. The zero-order valence-corrected chi connectivity index (χ0v) is 5.66. The van der Waals surface area contributed by atoms with Crippen LogP contribution in [0.15, 0.2) is 11.6 Å². The van der Waals surface area contributed by atoms with Gasteiger partial charge in [-0.1, -0.05) is 6.08 Å². The lowest BCUT2D eigenvalue weighted by atomic mass is 9.87. The highest BCUT2D eigenvalue weighted by molar-refractivity contribution is 5.84. The van der Waals surface area contributed by atoms with Gasteiger partial charge in [0.1, 0.15) is 6.29 Å². The maximum atomic E-state index is 10.7. The molecule has 54 valence electrons. The van der Waals surface area contributed by atoms with Gasteiger partial charge < -0.3 is 4.74 Å². The van der Waals surface area contributed by atoms with Crippen molar-refractivity contribution in [3.05, 3.63) is 11.6 Å². The Hall–Kier alpha value is -1.12. The molecule has 0 heterocycles. The summed E-state index contributed by atoms with van der Waals surface area (Å²) in [4.78, 5) is 20.7. The Bertz CT molecular complexity index is 193. The van der Waals surface area contributed by atoms with E-state index in [0.717, 1.165) is 6.29 Å². The molecule has 0 amide bonds. The number of ether oxygens (including phenoxy) is 1. The fraction of sp³-hybridized carbons (Fsp3) is 0.429. The van der Waals surface area contributed by atoms with Crippen molar-refractivity contribution in [3.8, 4) is 0 Å². The molecule has 0 aromatic rings. The Balaban J connectivity index is 2.46. The van der Waals surface area contributed by atoms with E-state index < -0.39 is 0 Å². The highest BCUT2D eigenvalue weighted by Crippen LogP contribution is 2.24. The third-order valence-electron chi connectivity index (χ3n) is 1.53. The molecule has 0 fully saturated rings. The topological polar surface area (TPSA) is 43.4 Å². The van der Waals surface area contributed by atoms with Gasteiger partial charge in [0.25, 0.3) is 0 Å². The number of rotatable bonds is 2. The van der Waals surface area contributed by atoms with Crippen LogP contribution in [-0.4, -0.2) is 19.4 Å². The van der Waals surface area contributed by atoms with Crippen LogP contribution in [0.2, 0.25) is 0 Å². The molecule has 3 heteroatoms. The van der Waals surface area contributed by atoms with Crippen LogP contribution in [0, 0.1) is 5.92 Å². The molecule has 10 heavy (non-hydrogen) atoms. The minimum Gasteiger partial charge on any atom is -0.469 e. The SMILES string of the molecule is COC(=O)C1C=C(C=O)C1. The molecular weight excluding hydrogens is 132 g/mol. The van der Waals surface area contributed by atoms with E-state index in [0.29, 0.717) is 12.0 Å². The number of aldehydes is 1. The fourth-order valence-corrected chi connectivity index (χ4v) is 0.869. The first kappa shape index (κ1) is 6.99. The van der Waals surface area contributed by atoms with Crippen LogP contribution >= 0.6 is 0 Å². The fourth-order valence-electron chi connectivity index (χ4n) is 0.869. The van der Waals surface area contributed by atoms with Crippen LogP contribution < -0.4 is 0 Å². The van der Waals surface area contributed by atoms with E-state index in [2.05, 4.69) is 4.74 Å². The van der Waals surface area contributed by atoms with Crippen molar-refractivity contribution in [1.82, 2.24) is 0 Å². The van der Waals surface area contributed by atoms with Crippen LogP contribution in [0.5, 0.6) is 0 Å². The second kappa shape index (κ2) is 2.64. The highest BCUT2D eigenvalue weighted by Gasteiger charge is 2.25. The summed E-state index contributed by atoms with van der Waals surface area (Å²) in [5.74, 6) is -0.434. The van der Waals surface area contributed by atoms with E-state index in [1.54, 1.807) is 6.08 Å². The van der Waals surface area contributed by atoms with Gasteiger partial charge in [-0.2, -0.15) is 0 Å². The zero-order valence-electron chi connectivity index (χ0n) is 5.66. The van der Waals surface area contributed by atoms with E-state index in [1.165, 1.54) is 7.11 Å². The molecular formula is C7H8O3. The number of carbonyl (C=O) groups excluding carboxylic acids is 2. The van der Waals surface area contributed by atoms with Crippen LogP contribution in [0.3, 0.4) is 0 Å². The van der Waals surface area contributed by atoms with Crippen LogP contribution in [0.4, 0.5) is 0 Å². The molecule has 1 unspecified atom stereocenters. The normalized spacial score (nSPS) is 22.5. The molecule has 0 spiro atoms. The number of methoxy groups -OCH3 is 1. The van der Waals surface area contributed by atoms with Crippen molar-refractivity contribution in [2.45, 2.75) is 6.42 Å². The van der Waals surface area contributed by atoms with Crippen molar-refractivity contribution in [1.29, 1.82) is 0 Å². The third kappa shape index (κ3) is 1.07. The first-order valence-electron chi connectivity index (χ1n) is 3.01. The first-order valence-corrected chi connectivity index (χ1v) is 3.01. The predicted octanol–water partition coefficient (Wildman–Crippen LogP) is 0.305. The maximum absolute atomic E-state index is 10.7. The lowest BCUT2D eigenvalue weighted by Gasteiger charge is -2.18. The summed E-state index contributed by atoms with van der Waals surface area (Å²) in [7, 11) is 1.34. The van der Waals surface area contributed by atoms with Gasteiger partial charge in [-0.05, 0) is 12.0 Å². The summed E-state index contributed by atoms with van der Waals surface area (Å²) in [6.07, 6.45) is 2.93. The lowest BCUT2D eigenvalue weighted by Crippen LogP contribution is -2.22. The second-order valence-electron chi connectivity index (χ2n) is 2.19. The summed E-state index contributed by atoms with van der Waals surface area (Å²) < 4.78 is 4.45. The summed E-state index contributed by atoms with van der Waals surface area (Å²) in [5.41, 5.74) is 0.690. The van der Waals surface area contributed by atoms with Crippen LogP contribution in [0.25, 0.3) is 0 Å². The van der Waals surface area contributed by atoms with Gasteiger partial charge in [0.05, 0.1) is 13.0 Å². The highest BCUT2D eigenvalue weighted by atomic mass is 16.5. The summed E-state index contributed by atoms with van der Waals surface area (Å²) >= 11 is 0. The van der Waals surface area contributed by atoms with Crippen LogP contribution in [0.1, 0.15) is 6.42 Å². The van der Waals surface area contributed by atoms with Gasteiger partial charge in [0.15, 0.2) is 0 Å². The van der Waals surface area contributed by atoms with Crippen molar-refractivity contribution in [3.63, 3.8) is 0 Å². The number of esters is 1. The molecule has 0 saturated carbocycles. The standard InChI is InChI=1S/C7H8O3/c1-10-7(9)6-2-5(3-6)4-8/h2,4,6H,3H2,1H3. The first-order chi connectivity index (χ1) is 4.77. The number of hydrogen-bond acceptors (Lipinski definition) is 3. The average molecular weight is 140 g/mol. The van der Waals surface area contributed by atoms with Gasteiger partial charge in [0, 0.05) is 0 Å². The molecule has 1 aliphatic rings. The average Bonchev–Trinajstić information content (AvgIpc) is 1.85. The second-order valence-corrected chi connectivity index (χ2v) is 2.19. The molecule has 0 aromatic heterocycles.